The van der Waals surface area contributed by atoms with Crippen molar-refractivity contribution < 1.29 is 14.3 Å². The van der Waals surface area contributed by atoms with Crippen LogP contribution in [0.2, 0.25) is 0 Å². The van der Waals surface area contributed by atoms with Crippen LogP contribution >= 0.6 is 0 Å². The van der Waals surface area contributed by atoms with Crippen molar-refractivity contribution in [3.8, 4) is 0 Å². The third-order valence-electron chi connectivity index (χ3n) is 6.35. The summed E-state index contributed by atoms with van der Waals surface area (Å²) < 4.78 is 5.98. The first-order chi connectivity index (χ1) is 16.1. The molecule has 176 valence electrons. The molecule has 2 fully saturated rings. The summed E-state index contributed by atoms with van der Waals surface area (Å²) in [7, 11) is 0. The minimum absolute atomic E-state index is 0.0134. The Morgan fingerprint density at radius 1 is 0.939 bits per heavy atom. The number of rotatable bonds is 5. The van der Waals surface area contributed by atoms with Crippen LogP contribution in [0, 0.1) is 6.92 Å². The van der Waals surface area contributed by atoms with Gasteiger partial charge < -0.3 is 19.9 Å². The molecule has 2 aromatic carbocycles. The fourth-order valence-electron chi connectivity index (χ4n) is 4.42. The van der Waals surface area contributed by atoms with Crippen molar-refractivity contribution in [1.82, 2.24) is 20.0 Å². The van der Waals surface area contributed by atoms with Gasteiger partial charge in [-0.15, -0.1) is 0 Å². The third-order valence-corrected chi connectivity index (χ3v) is 6.35. The van der Waals surface area contributed by atoms with Gasteiger partial charge in [0.2, 0.25) is 0 Å². The molecule has 7 heteroatoms. The highest BCUT2D eigenvalue weighted by molar-refractivity contribution is 5.94. The second kappa shape index (κ2) is 11.3. The van der Waals surface area contributed by atoms with E-state index >= 15 is 0 Å². The van der Waals surface area contributed by atoms with Crippen molar-refractivity contribution in [2.45, 2.75) is 26.0 Å². The number of urea groups is 1. The molecule has 7 nitrogen and oxygen atoms in total. The predicted molar refractivity (Wildman–Crippen MR) is 128 cm³/mol. The number of nitrogens with one attached hydrogen (secondary N) is 1. The van der Waals surface area contributed by atoms with Crippen LogP contribution in [0.25, 0.3) is 0 Å². The van der Waals surface area contributed by atoms with Crippen molar-refractivity contribution in [3.63, 3.8) is 0 Å². The lowest BCUT2D eigenvalue weighted by molar-refractivity contribution is -0.0299. The molecule has 1 atom stereocenters. The monoisotopic (exact) mass is 450 g/mol. The highest BCUT2D eigenvalue weighted by Crippen LogP contribution is 2.13. The molecule has 2 heterocycles. The molecule has 0 spiro atoms. The van der Waals surface area contributed by atoms with Gasteiger partial charge in [-0.3, -0.25) is 9.69 Å². The summed E-state index contributed by atoms with van der Waals surface area (Å²) >= 11 is 0. The summed E-state index contributed by atoms with van der Waals surface area (Å²) in [6, 6.07) is 17.7. The molecule has 1 N–H and O–H groups in total. The van der Waals surface area contributed by atoms with Gasteiger partial charge >= 0.3 is 6.03 Å². The first-order valence-electron chi connectivity index (χ1n) is 11.8. The number of carbonyl (C=O) groups is 2. The quantitative estimate of drug-likeness (QED) is 0.761. The van der Waals surface area contributed by atoms with Gasteiger partial charge in [0.25, 0.3) is 5.91 Å². The Kier molecular flexibility index (Phi) is 7.96. The van der Waals surface area contributed by atoms with Crippen molar-refractivity contribution in [1.29, 1.82) is 0 Å². The smallest absolute Gasteiger partial charge is 0.317 e. The van der Waals surface area contributed by atoms with Crippen LogP contribution in [0.1, 0.15) is 27.9 Å². The maximum absolute atomic E-state index is 12.9. The number of hydrogen-bond donors (Lipinski definition) is 1. The summed E-state index contributed by atoms with van der Waals surface area (Å²) in [5.41, 5.74) is 3.00. The summed E-state index contributed by atoms with van der Waals surface area (Å²) in [5, 5.41) is 3.01. The lowest BCUT2D eigenvalue weighted by Gasteiger charge is -2.35. The standard InChI is InChI=1S/C26H34N4O3/c1-21-8-10-23(11-9-21)25(31)29-13-5-12-28(14-15-29)19-24-20-30(16-17-33-24)26(32)27-18-22-6-3-2-4-7-22/h2-4,6-11,24H,5,12-20H2,1H3,(H,27,32)/t24-/m1/s1. The van der Waals surface area contributed by atoms with Crippen molar-refractivity contribution in [2.75, 3.05) is 52.4 Å². The van der Waals surface area contributed by atoms with E-state index in [0.29, 0.717) is 32.8 Å². The summed E-state index contributed by atoms with van der Waals surface area (Å²) in [6.07, 6.45) is 0.923. The van der Waals surface area contributed by atoms with Gasteiger partial charge in [0.1, 0.15) is 0 Å². The molecule has 3 amide bonds. The minimum atomic E-state index is -0.0436. The van der Waals surface area contributed by atoms with E-state index in [9.17, 15) is 9.59 Å². The minimum Gasteiger partial charge on any atom is -0.373 e. The van der Waals surface area contributed by atoms with E-state index in [2.05, 4.69) is 10.2 Å². The van der Waals surface area contributed by atoms with Crippen LogP contribution in [0.5, 0.6) is 0 Å². The average molecular weight is 451 g/mol. The fraction of sp³-hybridized carbons (Fsp3) is 0.462. The molecule has 0 radical (unpaired) electrons. The van der Waals surface area contributed by atoms with Gasteiger partial charge in [-0.1, -0.05) is 48.0 Å². The van der Waals surface area contributed by atoms with Crippen molar-refractivity contribution in [2.24, 2.45) is 0 Å². The zero-order valence-corrected chi connectivity index (χ0v) is 19.4. The predicted octanol–water partition coefficient (Wildman–Crippen LogP) is 2.75. The van der Waals surface area contributed by atoms with Crippen LogP contribution in [0.15, 0.2) is 54.6 Å². The van der Waals surface area contributed by atoms with Crippen LogP contribution in [-0.2, 0) is 11.3 Å². The van der Waals surface area contributed by atoms with Crippen LogP contribution < -0.4 is 5.32 Å². The second-order valence-corrected chi connectivity index (χ2v) is 8.90. The number of carbonyl (C=O) groups excluding carboxylic acids is 2. The number of nitrogens with zero attached hydrogens (tertiary/aromatic N) is 3. The van der Waals surface area contributed by atoms with Crippen molar-refractivity contribution >= 4 is 11.9 Å². The van der Waals surface area contributed by atoms with E-state index in [-0.39, 0.29) is 18.0 Å². The Morgan fingerprint density at radius 3 is 2.52 bits per heavy atom. The number of morpholine rings is 1. The highest BCUT2D eigenvalue weighted by Gasteiger charge is 2.27. The normalized spacial score (nSPS) is 19.7. The fourth-order valence-corrected chi connectivity index (χ4v) is 4.42. The number of aryl methyl sites for hydroxylation is 1. The lowest BCUT2D eigenvalue weighted by Crippen LogP contribution is -2.52. The highest BCUT2D eigenvalue weighted by atomic mass is 16.5. The van der Waals surface area contributed by atoms with Gasteiger partial charge in [-0.25, -0.2) is 4.79 Å². The summed E-state index contributed by atoms with van der Waals surface area (Å²) in [6.45, 7) is 8.29. The molecule has 2 saturated heterocycles. The Hall–Kier alpha value is -2.90. The molecule has 2 aliphatic heterocycles. The number of amides is 3. The number of ether oxygens (including phenoxy) is 1. The average Bonchev–Trinajstić information content (AvgIpc) is 3.09. The van der Waals surface area contributed by atoms with Gasteiger partial charge in [-0.05, 0) is 37.6 Å². The number of benzene rings is 2. The van der Waals surface area contributed by atoms with E-state index in [1.807, 2.05) is 71.3 Å². The lowest BCUT2D eigenvalue weighted by atomic mass is 10.1. The zero-order valence-electron chi connectivity index (χ0n) is 19.4. The molecular formula is C26H34N4O3. The zero-order chi connectivity index (χ0) is 23.0. The van der Waals surface area contributed by atoms with E-state index in [1.54, 1.807) is 0 Å². The van der Waals surface area contributed by atoms with Gasteiger partial charge in [0.05, 0.1) is 12.7 Å². The molecule has 4 rings (SSSR count). The molecule has 0 unspecified atom stereocenters. The third kappa shape index (κ3) is 6.55. The topological polar surface area (TPSA) is 65.1 Å². The van der Waals surface area contributed by atoms with Crippen molar-refractivity contribution in [3.05, 3.63) is 71.3 Å². The Morgan fingerprint density at radius 2 is 1.73 bits per heavy atom. The first-order valence-corrected chi connectivity index (χ1v) is 11.8. The van der Waals surface area contributed by atoms with Crippen LogP contribution in [0.3, 0.4) is 0 Å². The van der Waals surface area contributed by atoms with E-state index in [0.717, 1.165) is 49.3 Å². The van der Waals surface area contributed by atoms with E-state index < -0.39 is 0 Å². The summed E-state index contributed by atoms with van der Waals surface area (Å²) in [5.74, 6) is 0.104. The largest absolute Gasteiger partial charge is 0.373 e. The first kappa shape index (κ1) is 23.3. The Bertz CT molecular complexity index is 919. The van der Waals surface area contributed by atoms with Gasteiger partial charge in [-0.2, -0.15) is 0 Å². The maximum Gasteiger partial charge on any atom is 0.317 e. The van der Waals surface area contributed by atoms with Crippen LogP contribution in [-0.4, -0.2) is 85.2 Å². The van der Waals surface area contributed by atoms with Gasteiger partial charge in [0.15, 0.2) is 0 Å². The molecular weight excluding hydrogens is 416 g/mol. The molecule has 2 aromatic rings. The SMILES string of the molecule is Cc1ccc(C(=O)N2CCCN(C[C@@H]3CN(C(=O)NCc4ccccc4)CCO3)CC2)cc1. The van der Waals surface area contributed by atoms with E-state index in [4.69, 9.17) is 4.74 Å². The van der Waals surface area contributed by atoms with E-state index in [1.165, 1.54) is 0 Å². The second-order valence-electron chi connectivity index (χ2n) is 8.90. The molecule has 0 aliphatic carbocycles. The van der Waals surface area contributed by atoms with Gasteiger partial charge in [0, 0.05) is 51.4 Å². The summed E-state index contributed by atoms with van der Waals surface area (Å²) in [4.78, 5) is 31.7. The maximum atomic E-state index is 12.9. The molecule has 2 aliphatic rings. The molecule has 0 bridgehead atoms. The number of hydrogen-bond acceptors (Lipinski definition) is 4. The Balaban J connectivity index is 1.24. The van der Waals surface area contributed by atoms with Crippen LogP contribution in [0.4, 0.5) is 4.79 Å². The molecule has 33 heavy (non-hydrogen) atoms. The molecule has 0 saturated carbocycles. The molecule has 0 aromatic heterocycles. The Labute approximate surface area is 196 Å².